The lowest BCUT2D eigenvalue weighted by molar-refractivity contribution is 1.18. The molecule has 0 saturated heterocycles. The van der Waals surface area contributed by atoms with Gasteiger partial charge in [0, 0.05) is 4.88 Å². The quantitative estimate of drug-likeness (QED) is 0.363. The molecule has 0 radical (unpaired) electrons. The van der Waals surface area contributed by atoms with Crippen molar-refractivity contribution in [1.82, 2.24) is 9.97 Å². The molecule has 4 aromatic rings. The van der Waals surface area contributed by atoms with E-state index in [4.69, 9.17) is 0 Å². The summed E-state index contributed by atoms with van der Waals surface area (Å²) in [6.07, 6.45) is 1.58. The molecule has 2 aromatic heterocycles. The maximum absolute atomic E-state index is 4.55. The highest BCUT2D eigenvalue weighted by molar-refractivity contribution is 7.18. The van der Waals surface area contributed by atoms with Crippen molar-refractivity contribution < 1.29 is 0 Å². The van der Waals surface area contributed by atoms with E-state index in [0.717, 1.165) is 27.3 Å². The van der Waals surface area contributed by atoms with E-state index in [9.17, 15) is 0 Å². The summed E-state index contributed by atoms with van der Waals surface area (Å²) in [5, 5.41) is 5.60. The molecule has 0 atom stereocenters. The van der Waals surface area contributed by atoms with E-state index in [0.29, 0.717) is 0 Å². The standard InChI is InChI=1S/C22H20N4S/c1-14-16(3)27-22-20(14)21(23-13-24-22)26-25-15(2)17-9-11-19(12-10-17)18-7-5-4-6-8-18/h4-13H,1-3H3,(H,23,24,26)/b25-15-. The molecule has 4 nitrogen and oxygen atoms in total. The smallest absolute Gasteiger partial charge is 0.158 e. The summed E-state index contributed by atoms with van der Waals surface area (Å²) < 4.78 is 0. The summed E-state index contributed by atoms with van der Waals surface area (Å²) in [6, 6.07) is 18.8. The molecule has 0 aliphatic carbocycles. The van der Waals surface area contributed by atoms with Crippen LogP contribution in [0, 0.1) is 13.8 Å². The Hall–Kier alpha value is -3.05. The van der Waals surface area contributed by atoms with Gasteiger partial charge in [-0.15, -0.1) is 11.3 Å². The lowest BCUT2D eigenvalue weighted by atomic mass is 10.0. The van der Waals surface area contributed by atoms with E-state index < -0.39 is 0 Å². The summed E-state index contributed by atoms with van der Waals surface area (Å²) in [5.41, 5.74) is 8.73. The minimum absolute atomic E-state index is 0.752. The molecule has 2 aromatic carbocycles. The van der Waals surface area contributed by atoms with Gasteiger partial charge in [-0.1, -0.05) is 54.6 Å². The maximum Gasteiger partial charge on any atom is 0.158 e. The average molecular weight is 372 g/mol. The fraction of sp³-hybridized carbons (Fsp3) is 0.136. The molecule has 134 valence electrons. The zero-order valence-electron chi connectivity index (χ0n) is 15.5. The Morgan fingerprint density at radius 1 is 0.926 bits per heavy atom. The summed E-state index contributed by atoms with van der Waals surface area (Å²) in [4.78, 5) is 11.0. The zero-order chi connectivity index (χ0) is 18.8. The first-order chi connectivity index (χ1) is 13.1. The molecule has 0 fully saturated rings. The molecule has 2 heterocycles. The second kappa shape index (κ2) is 7.29. The van der Waals surface area contributed by atoms with Gasteiger partial charge in [0.05, 0.1) is 11.1 Å². The maximum atomic E-state index is 4.55. The summed E-state index contributed by atoms with van der Waals surface area (Å²) in [5.74, 6) is 0.752. The molecule has 0 saturated carbocycles. The zero-order valence-corrected chi connectivity index (χ0v) is 16.3. The number of hydrogen-bond acceptors (Lipinski definition) is 5. The van der Waals surface area contributed by atoms with E-state index in [1.807, 2.05) is 13.0 Å². The lowest BCUT2D eigenvalue weighted by Crippen LogP contribution is -2.01. The van der Waals surface area contributed by atoms with Crippen molar-refractivity contribution in [3.63, 3.8) is 0 Å². The molecule has 4 rings (SSSR count). The van der Waals surface area contributed by atoms with Gasteiger partial charge in [-0.3, -0.25) is 5.43 Å². The van der Waals surface area contributed by atoms with Crippen molar-refractivity contribution in [2.24, 2.45) is 5.10 Å². The van der Waals surface area contributed by atoms with Gasteiger partial charge in [0.2, 0.25) is 0 Å². The number of fused-ring (bicyclic) bond motifs is 1. The molecular weight excluding hydrogens is 352 g/mol. The minimum atomic E-state index is 0.752. The van der Waals surface area contributed by atoms with Crippen molar-refractivity contribution in [2.75, 3.05) is 5.43 Å². The van der Waals surface area contributed by atoms with Gasteiger partial charge in [-0.25, -0.2) is 9.97 Å². The van der Waals surface area contributed by atoms with Gasteiger partial charge in [-0.2, -0.15) is 5.10 Å². The van der Waals surface area contributed by atoms with Crippen LogP contribution in [-0.2, 0) is 0 Å². The van der Waals surface area contributed by atoms with Crippen molar-refractivity contribution in [2.45, 2.75) is 20.8 Å². The van der Waals surface area contributed by atoms with Gasteiger partial charge in [0.25, 0.3) is 0 Å². The molecule has 0 spiro atoms. The number of rotatable bonds is 4. The van der Waals surface area contributed by atoms with Crippen LogP contribution in [0.5, 0.6) is 0 Å². The molecule has 0 unspecified atom stereocenters. The molecule has 5 heteroatoms. The number of nitrogens with zero attached hydrogens (tertiary/aromatic N) is 3. The van der Waals surface area contributed by atoms with Gasteiger partial charge < -0.3 is 0 Å². The van der Waals surface area contributed by atoms with E-state index in [1.54, 1.807) is 17.7 Å². The van der Waals surface area contributed by atoms with Crippen LogP contribution in [0.3, 0.4) is 0 Å². The van der Waals surface area contributed by atoms with Crippen LogP contribution < -0.4 is 5.43 Å². The Bertz CT molecular complexity index is 1110. The van der Waals surface area contributed by atoms with Gasteiger partial charge >= 0.3 is 0 Å². The third-order valence-corrected chi connectivity index (χ3v) is 5.82. The van der Waals surface area contributed by atoms with Crippen LogP contribution in [0.4, 0.5) is 5.82 Å². The van der Waals surface area contributed by atoms with E-state index in [2.05, 4.69) is 82.9 Å². The number of benzene rings is 2. The minimum Gasteiger partial charge on any atom is -0.260 e. The van der Waals surface area contributed by atoms with Crippen LogP contribution in [0.15, 0.2) is 66.0 Å². The number of aryl methyl sites for hydroxylation is 2. The highest BCUT2D eigenvalue weighted by Gasteiger charge is 2.11. The topological polar surface area (TPSA) is 50.2 Å². The summed E-state index contributed by atoms with van der Waals surface area (Å²) in [7, 11) is 0. The Labute approximate surface area is 162 Å². The Morgan fingerprint density at radius 2 is 1.63 bits per heavy atom. The Balaban J connectivity index is 1.58. The molecule has 0 aliphatic heterocycles. The lowest BCUT2D eigenvalue weighted by Gasteiger charge is -2.06. The van der Waals surface area contributed by atoms with Crippen molar-refractivity contribution >= 4 is 33.1 Å². The van der Waals surface area contributed by atoms with Gasteiger partial charge in [-0.05, 0) is 43.0 Å². The Morgan fingerprint density at radius 3 is 2.37 bits per heavy atom. The predicted octanol–water partition coefficient (Wildman–Crippen LogP) is 5.81. The van der Waals surface area contributed by atoms with Crippen LogP contribution >= 0.6 is 11.3 Å². The van der Waals surface area contributed by atoms with Crippen LogP contribution in [0.2, 0.25) is 0 Å². The SMILES string of the molecule is C/C(=N/Nc1ncnc2sc(C)c(C)c12)c1ccc(-c2ccccc2)cc1. The first-order valence-corrected chi connectivity index (χ1v) is 9.62. The normalized spacial score (nSPS) is 11.7. The predicted molar refractivity (Wildman–Crippen MR) is 115 cm³/mol. The fourth-order valence-electron chi connectivity index (χ4n) is 3.00. The van der Waals surface area contributed by atoms with Crippen LogP contribution in [-0.4, -0.2) is 15.7 Å². The second-order valence-corrected chi connectivity index (χ2v) is 7.64. The number of aromatic nitrogens is 2. The number of anilines is 1. The molecule has 0 amide bonds. The summed E-state index contributed by atoms with van der Waals surface area (Å²) in [6.45, 7) is 6.20. The largest absolute Gasteiger partial charge is 0.260 e. The van der Waals surface area contributed by atoms with E-state index >= 15 is 0 Å². The number of hydrogen-bond donors (Lipinski definition) is 1. The van der Waals surface area contributed by atoms with Crippen molar-refractivity contribution in [3.8, 4) is 11.1 Å². The van der Waals surface area contributed by atoms with E-state index in [-0.39, 0.29) is 0 Å². The molecule has 0 bridgehead atoms. The third-order valence-electron chi connectivity index (χ3n) is 4.70. The average Bonchev–Trinajstić information content (AvgIpc) is 3.01. The molecule has 1 N–H and O–H groups in total. The first kappa shape index (κ1) is 17.4. The van der Waals surface area contributed by atoms with Crippen molar-refractivity contribution in [1.29, 1.82) is 0 Å². The highest BCUT2D eigenvalue weighted by atomic mass is 32.1. The van der Waals surface area contributed by atoms with Gasteiger partial charge in [0.1, 0.15) is 11.2 Å². The molecule has 0 aliphatic rings. The molecule has 27 heavy (non-hydrogen) atoms. The fourth-order valence-corrected chi connectivity index (χ4v) is 4.00. The monoisotopic (exact) mass is 372 g/mol. The highest BCUT2D eigenvalue weighted by Crippen LogP contribution is 2.32. The number of nitrogens with one attached hydrogen (secondary N) is 1. The Kier molecular flexibility index (Phi) is 4.69. The number of hydrazone groups is 1. The molecular formula is C22H20N4S. The summed E-state index contributed by atoms with van der Waals surface area (Å²) >= 11 is 1.68. The first-order valence-electron chi connectivity index (χ1n) is 8.80. The number of thiophene rings is 1. The van der Waals surface area contributed by atoms with Gasteiger partial charge in [0.15, 0.2) is 5.82 Å². The third kappa shape index (κ3) is 3.46. The second-order valence-electron chi connectivity index (χ2n) is 6.44. The van der Waals surface area contributed by atoms with Crippen LogP contribution in [0.1, 0.15) is 22.9 Å². The van der Waals surface area contributed by atoms with E-state index in [1.165, 1.54) is 21.6 Å². The van der Waals surface area contributed by atoms with Crippen molar-refractivity contribution in [3.05, 3.63) is 76.9 Å². The van der Waals surface area contributed by atoms with Crippen LogP contribution in [0.25, 0.3) is 21.3 Å².